The third-order valence-electron chi connectivity index (χ3n) is 3.32. The Kier molecular flexibility index (Phi) is 4.38. The first-order valence-corrected chi connectivity index (χ1v) is 6.77. The number of fused-ring (bicyclic) bond motifs is 1. The Morgan fingerprint density at radius 3 is 2.06 bits per heavy atom. The van der Waals surface area contributed by atoms with Crippen LogP contribution >= 0.6 is 0 Å². The summed E-state index contributed by atoms with van der Waals surface area (Å²) in [5, 5.41) is 0. The highest BCUT2D eigenvalue weighted by Crippen LogP contribution is 2.45. The van der Waals surface area contributed by atoms with Gasteiger partial charge in [0, 0.05) is 19.8 Å². The van der Waals surface area contributed by atoms with Gasteiger partial charge in [0.1, 0.15) is 0 Å². The highest BCUT2D eigenvalue weighted by molar-refractivity contribution is 5.41. The molecule has 0 bridgehead atoms. The van der Waals surface area contributed by atoms with Gasteiger partial charge in [0.25, 0.3) is 5.97 Å². The largest absolute Gasteiger partial charge is 0.327 e. The van der Waals surface area contributed by atoms with Gasteiger partial charge in [-0.2, -0.15) is 0 Å². The van der Waals surface area contributed by atoms with Crippen molar-refractivity contribution < 1.29 is 14.2 Å². The number of hydrogen-bond donors (Lipinski definition) is 0. The Morgan fingerprint density at radius 1 is 1.00 bits per heavy atom. The third-order valence-corrected chi connectivity index (χ3v) is 3.32. The minimum atomic E-state index is -0.910. The minimum Gasteiger partial charge on any atom is -0.327 e. The molecule has 18 heavy (non-hydrogen) atoms. The van der Waals surface area contributed by atoms with Gasteiger partial charge in [-0.25, -0.2) is 0 Å². The van der Waals surface area contributed by atoms with Crippen molar-refractivity contribution in [2.45, 2.75) is 39.1 Å². The van der Waals surface area contributed by atoms with Gasteiger partial charge in [-0.05, 0) is 38.3 Å². The Labute approximate surface area is 109 Å². The van der Waals surface area contributed by atoms with Crippen molar-refractivity contribution in [2.75, 3.05) is 19.8 Å². The summed E-state index contributed by atoms with van der Waals surface area (Å²) >= 11 is 0. The lowest BCUT2D eigenvalue weighted by Crippen LogP contribution is -2.49. The van der Waals surface area contributed by atoms with Crippen molar-refractivity contribution in [3.63, 3.8) is 0 Å². The molecule has 3 heteroatoms. The van der Waals surface area contributed by atoms with E-state index in [-0.39, 0.29) is 5.92 Å². The molecule has 0 saturated carbocycles. The zero-order valence-electron chi connectivity index (χ0n) is 11.4. The molecule has 2 rings (SSSR count). The molecule has 0 aromatic heterocycles. The average molecular weight is 250 g/mol. The molecular formula is C15H22O3. The fraction of sp³-hybridized carbons (Fsp3) is 0.600. The fourth-order valence-electron chi connectivity index (χ4n) is 2.60. The standard InChI is InChI=1S/C15H22O3/c1-4-16-15(17-5-2,18-6-3)14-11-12-9-7-8-10-13(12)14/h7-10,14H,4-6,11H2,1-3H3. The molecule has 1 atom stereocenters. The molecule has 1 unspecified atom stereocenters. The van der Waals surface area contributed by atoms with Crippen molar-refractivity contribution in [3.05, 3.63) is 35.4 Å². The molecule has 3 nitrogen and oxygen atoms in total. The Bertz CT molecular complexity index is 372. The highest BCUT2D eigenvalue weighted by atomic mass is 16.9. The van der Waals surface area contributed by atoms with Gasteiger partial charge < -0.3 is 14.2 Å². The third kappa shape index (κ3) is 2.30. The zero-order chi connectivity index (χ0) is 13.0. The topological polar surface area (TPSA) is 27.7 Å². The summed E-state index contributed by atoms with van der Waals surface area (Å²) in [5.41, 5.74) is 2.65. The van der Waals surface area contributed by atoms with Crippen molar-refractivity contribution >= 4 is 0 Å². The second kappa shape index (κ2) is 5.83. The monoisotopic (exact) mass is 250 g/mol. The fourth-order valence-corrected chi connectivity index (χ4v) is 2.60. The van der Waals surface area contributed by atoms with Crippen molar-refractivity contribution in [3.8, 4) is 0 Å². The maximum absolute atomic E-state index is 5.83. The first-order valence-electron chi connectivity index (χ1n) is 6.77. The maximum atomic E-state index is 5.83. The van der Waals surface area contributed by atoms with Crippen LogP contribution in [0.1, 0.15) is 37.8 Å². The molecule has 0 fully saturated rings. The van der Waals surface area contributed by atoms with Gasteiger partial charge in [-0.1, -0.05) is 24.3 Å². The SMILES string of the molecule is CCOC(OCC)(OCC)C1Cc2ccccc21. The van der Waals surface area contributed by atoms with Crippen LogP contribution in [-0.2, 0) is 20.6 Å². The minimum absolute atomic E-state index is 0.175. The van der Waals surface area contributed by atoms with E-state index >= 15 is 0 Å². The second-order valence-corrected chi connectivity index (χ2v) is 4.36. The van der Waals surface area contributed by atoms with Gasteiger partial charge in [0.15, 0.2) is 0 Å². The van der Waals surface area contributed by atoms with E-state index in [2.05, 4.69) is 24.3 Å². The normalized spacial score (nSPS) is 18.3. The maximum Gasteiger partial charge on any atom is 0.290 e. The number of ether oxygens (including phenoxy) is 3. The van der Waals surface area contributed by atoms with Crippen LogP contribution in [-0.4, -0.2) is 25.8 Å². The van der Waals surface area contributed by atoms with E-state index in [1.165, 1.54) is 11.1 Å². The molecule has 0 aliphatic heterocycles. The van der Waals surface area contributed by atoms with E-state index < -0.39 is 5.97 Å². The lowest BCUT2D eigenvalue weighted by atomic mass is 9.76. The van der Waals surface area contributed by atoms with Crippen LogP contribution in [0.15, 0.2) is 24.3 Å². The zero-order valence-corrected chi connectivity index (χ0v) is 11.4. The molecular weight excluding hydrogens is 228 g/mol. The van der Waals surface area contributed by atoms with Crippen LogP contribution in [0.3, 0.4) is 0 Å². The summed E-state index contributed by atoms with van der Waals surface area (Å²) in [6.07, 6.45) is 0.955. The Hall–Kier alpha value is -0.900. The van der Waals surface area contributed by atoms with E-state index in [0.29, 0.717) is 19.8 Å². The molecule has 0 N–H and O–H groups in total. The molecule has 0 spiro atoms. The van der Waals surface area contributed by atoms with E-state index in [0.717, 1.165) is 6.42 Å². The molecule has 0 heterocycles. The molecule has 0 amide bonds. The van der Waals surface area contributed by atoms with E-state index in [1.807, 2.05) is 20.8 Å². The van der Waals surface area contributed by atoms with Crippen molar-refractivity contribution in [1.29, 1.82) is 0 Å². The summed E-state index contributed by atoms with van der Waals surface area (Å²) in [5.74, 6) is -0.736. The molecule has 100 valence electrons. The van der Waals surface area contributed by atoms with Gasteiger partial charge in [0.2, 0.25) is 0 Å². The van der Waals surface area contributed by atoms with Crippen molar-refractivity contribution in [2.24, 2.45) is 0 Å². The molecule has 1 aromatic rings. The van der Waals surface area contributed by atoms with Gasteiger partial charge >= 0.3 is 0 Å². The summed E-state index contributed by atoms with van der Waals surface area (Å²) in [7, 11) is 0. The lowest BCUT2D eigenvalue weighted by Gasteiger charge is -2.44. The average Bonchev–Trinajstić information content (AvgIpc) is 2.32. The van der Waals surface area contributed by atoms with Crippen LogP contribution in [0.2, 0.25) is 0 Å². The summed E-state index contributed by atoms with van der Waals surface area (Å²) in [6, 6.07) is 8.41. The predicted molar refractivity (Wildman–Crippen MR) is 70.5 cm³/mol. The number of hydrogen-bond acceptors (Lipinski definition) is 3. The first kappa shape index (κ1) is 13.5. The molecule has 1 aliphatic carbocycles. The van der Waals surface area contributed by atoms with Gasteiger partial charge in [0.05, 0.1) is 5.92 Å². The van der Waals surface area contributed by atoms with E-state index in [4.69, 9.17) is 14.2 Å². The summed E-state index contributed by atoms with van der Waals surface area (Å²) in [6.45, 7) is 7.65. The Balaban J connectivity index is 2.25. The molecule has 1 aliphatic rings. The molecule has 0 saturated heterocycles. The van der Waals surface area contributed by atoms with Crippen molar-refractivity contribution in [1.82, 2.24) is 0 Å². The predicted octanol–water partition coefficient (Wildman–Crippen LogP) is 3.09. The summed E-state index contributed by atoms with van der Waals surface area (Å²) in [4.78, 5) is 0. The lowest BCUT2D eigenvalue weighted by molar-refractivity contribution is -0.390. The Morgan fingerprint density at radius 2 is 1.56 bits per heavy atom. The first-order chi connectivity index (χ1) is 8.77. The van der Waals surface area contributed by atoms with Crippen LogP contribution in [0, 0.1) is 0 Å². The van der Waals surface area contributed by atoms with Gasteiger partial charge in [-0.3, -0.25) is 0 Å². The highest BCUT2D eigenvalue weighted by Gasteiger charge is 2.48. The van der Waals surface area contributed by atoms with E-state index in [1.54, 1.807) is 0 Å². The number of benzene rings is 1. The van der Waals surface area contributed by atoms with Crippen LogP contribution in [0.5, 0.6) is 0 Å². The molecule has 0 radical (unpaired) electrons. The number of rotatable bonds is 7. The van der Waals surface area contributed by atoms with E-state index in [9.17, 15) is 0 Å². The van der Waals surface area contributed by atoms with Crippen LogP contribution in [0.4, 0.5) is 0 Å². The second-order valence-electron chi connectivity index (χ2n) is 4.36. The van der Waals surface area contributed by atoms with Gasteiger partial charge in [-0.15, -0.1) is 0 Å². The molecule has 1 aromatic carbocycles. The summed E-state index contributed by atoms with van der Waals surface area (Å²) < 4.78 is 17.5. The van der Waals surface area contributed by atoms with Crippen LogP contribution < -0.4 is 0 Å². The smallest absolute Gasteiger partial charge is 0.290 e. The quantitative estimate of drug-likeness (QED) is 0.696. The van der Waals surface area contributed by atoms with Crippen LogP contribution in [0.25, 0.3) is 0 Å².